The second-order valence-electron chi connectivity index (χ2n) is 6.88. The van der Waals surface area contributed by atoms with Crippen LogP contribution < -0.4 is 10.1 Å². The molecule has 0 unspecified atom stereocenters. The summed E-state index contributed by atoms with van der Waals surface area (Å²) in [4.78, 5) is 26.9. The van der Waals surface area contributed by atoms with Gasteiger partial charge in [0.25, 0.3) is 5.91 Å². The van der Waals surface area contributed by atoms with Crippen LogP contribution in [-0.4, -0.2) is 35.4 Å². The predicted octanol–water partition coefficient (Wildman–Crippen LogP) is 4.19. The second kappa shape index (κ2) is 10.8. The van der Waals surface area contributed by atoms with Crippen molar-refractivity contribution in [3.05, 3.63) is 64.9 Å². The van der Waals surface area contributed by atoms with Crippen LogP contribution in [0.2, 0.25) is 5.02 Å². The minimum Gasteiger partial charge on any atom is -0.484 e. The summed E-state index contributed by atoms with van der Waals surface area (Å²) in [6.07, 6.45) is 0.782. The number of rotatable bonds is 9. The quantitative estimate of drug-likeness (QED) is 0.661. The molecule has 0 fully saturated rings. The third-order valence-corrected chi connectivity index (χ3v) is 4.86. The summed E-state index contributed by atoms with van der Waals surface area (Å²) in [5, 5.41) is 3.46. The van der Waals surface area contributed by atoms with Crippen molar-refractivity contribution in [1.29, 1.82) is 0 Å². The number of ether oxygens (including phenoxy) is 1. The Morgan fingerprint density at radius 3 is 2.31 bits per heavy atom. The van der Waals surface area contributed by atoms with Gasteiger partial charge in [0.05, 0.1) is 0 Å². The van der Waals surface area contributed by atoms with Gasteiger partial charge in [-0.1, -0.05) is 30.7 Å². The molecule has 0 aliphatic rings. The number of amides is 2. The number of benzene rings is 2. The first kappa shape index (κ1) is 22.7. The number of nitrogens with zero attached hydrogens (tertiary/aromatic N) is 1. The second-order valence-corrected chi connectivity index (χ2v) is 7.32. The van der Waals surface area contributed by atoms with Gasteiger partial charge in [0.15, 0.2) is 6.61 Å². The van der Waals surface area contributed by atoms with Gasteiger partial charge in [-0.15, -0.1) is 0 Å². The standard InChI is InChI=1S/C22H26ClFN2O3/c1-4-15(2)25-22(28)16(3)26(13-17-5-9-19(24)10-6-17)21(27)14-29-20-11-7-18(23)8-12-20/h5-12,15-16H,4,13-14H2,1-3H3,(H,25,28)/t15-,16-/m0/s1. The van der Waals surface area contributed by atoms with E-state index >= 15 is 0 Å². The Morgan fingerprint density at radius 2 is 1.72 bits per heavy atom. The van der Waals surface area contributed by atoms with E-state index in [0.29, 0.717) is 10.8 Å². The van der Waals surface area contributed by atoms with Crippen molar-refractivity contribution >= 4 is 23.4 Å². The van der Waals surface area contributed by atoms with Crippen molar-refractivity contribution in [2.45, 2.75) is 45.8 Å². The molecule has 0 aliphatic carbocycles. The van der Waals surface area contributed by atoms with Gasteiger partial charge >= 0.3 is 0 Å². The Hall–Kier alpha value is -2.60. The lowest BCUT2D eigenvalue weighted by Gasteiger charge is -2.29. The molecule has 2 aromatic carbocycles. The Morgan fingerprint density at radius 1 is 1.10 bits per heavy atom. The molecule has 0 aromatic heterocycles. The number of nitrogens with one attached hydrogen (secondary N) is 1. The predicted molar refractivity (Wildman–Crippen MR) is 111 cm³/mol. The van der Waals surface area contributed by atoms with Crippen molar-refractivity contribution < 1.29 is 18.7 Å². The van der Waals surface area contributed by atoms with Crippen molar-refractivity contribution in [1.82, 2.24) is 10.2 Å². The van der Waals surface area contributed by atoms with E-state index in [-0.39, 0.29) is 36.8 Å². The van der Waals surface area contributed by atoms with Crippen LogP contribution in [0.3, 0.4) is 0 Å². The minimum atomic E-state index is -0.713. The van der Waals surface area contributed by atoms with Gasteiger partial charge in [0, 0.05) is 17.6 Å². The van der Waals surface area contributed by atoms with Crippen LogP contribution in [0.25, 0.3) is 0 Å². The summed E-state index contributed by atoms with van der Waals surface area (Å²) < 4.78 is 18.8. The number of hydrogen-bond donors (Lipinski definition) is 1. The number of carbonyl (C=O) groups excluding carboxylic acids is 2. The van der Waals surface area contributed by atoms with E-state index < -0.39 is 6.04 Å². The molecular weight excluding hydrogens is 395 g/mol. The average molecular weight is 421 g/mol. The zero-order chi connectivity index (χ0) is 21.4. The van der Waals surface area contributed by atoms with Crippen LogP contribution in [0, 0.1) is 5.82 Å². The van der Waals surface area contributed by atoms with Crippen molar-refractivity contribution in [3.63, 3.8) is 0 Å². The van der Waals surface area contributed by atoms with Gasteiger partial charge in [-0.25, -0.2) is 4.39 Å². The molecule has 0 saturated heterocycles. The highest BCUT2D eigenvalue weighted by molar-refractivity contribution is 6.30. The molecule has 29 heavy (non-hydrogen) atoms. The number of halogens is 2. The third kappa shape index (κ3) is 7.06. The third-order valence-electron chi connectivity index (χ3n) is 4.61. The molecule has 0 saturated carbocycles. The smallest absolute Gasteiger partial charge is 0.261 e. The summed E-state index contributed by atoms with van der Waals surface area (Å²) in [5.41, 5.74) is 0.717. The molecule has 0 aliphatic heterocycles. The Kier molecular flexibility index (Phi) is 8.46. The lowest BCUT2D eigenvalue weighted by atomic mass is 10.1. The van der Waals surface area contributed by atoms with E-state index in [0.717, 1.165) is 12.0 Å². The first-order chi connectivity index (χ1) is 13.8. The van der Waals surface area contributed by atoms with Crippen molar-refractivity contribution in [2.75, 3.05) is 6.61 Å². The molecule has 1 N–H and O–H groups in total. The van der Waals surface area contributed by atoms with E-state index in [2.05, 4.69) is 5.32 Å². The molecule has 5 nitrogen and oxygen atoms in total. The molecular formula is C22H26ClFN2O3. The Bertz CT molecular complexity index is 812. The number of hydrogen-bond acceptors (Lipinski definition) is 3. The maximum atomic E-state index is 13.2. The first-order valence-corrected chi connectivity index (χ1v) is 9.90. The summed E-state index contributed by atoms with van der Waals surface area (Å²) in [5.74, 6) is -0.459. The molecule has 2 aromatic rings. The normalized spacial score (nSPS) is 12.7. The highest BCUT2D eigenvalue weighted by Crippen LogP contribution is 2.16. The zero-order valence-electron chi connectivity index (χ0n) is 16.8. The highest BCUT2D eigenvalue weighted by atomic mass is 35.5. The molecule has 0 radical (unpaired) electrons. The summed E-state index contributed by atoms with van der Waals surface area (Å²) >= 11 is 5.85. The highest BCUT2D eigenvalue weighted by Gasteiger charge is 2.27. The molecule has 7 heteroatoms. The summed E-state index contributed by atoms with van der Waals surface area (Å²) in [6, 6.07) is 11.8. The van der Waals surface area contributed by atoms with Crippen LogP contribution >= 0.6 is 11.6 Å². The van der Waals surface area contributed by atoms with Gasteiger partial charge in [-0.2, -0.15) is 0 Å². The molecule has 0 bridgehead atoms. The van der Waals surface area contributed by atoms with E-state index in [1.807, 2.05) is 13.8 Å². The van der Waals surface area contributed by atoms with E-state index in [1.54, 1.807) is 43.3 Å². The number of carbonyl (C=O) groups is 2. The van der Waals surface area contributed by atoms with Crippen LogP contribution in [0.4, 0.5) is 4.39 Å². The van der Waals surface area contributed by atoms with Crippen LogP contribution in [0.15, 0.2) is 48.5 Å². The van der Waals surface area contributed by atoms with E-state index in [1.165, 1.54) is 17.0 Å². The monoisotopic (exact) mass is 420 g/mol. The summed E-state index contributed by atoms with van der Waals surface area (Å²) in [6.45, 7) is 5.47. The van der Waals surface area contributed by atoms with E-state index in [4.69, 9.17) is 16.3 Å². The average Bonchev–Trinajstić information content (AvgIpc) is 2.72. The maximum Gasteiger partial charge on any atom is 0.261 e. The van der Waals surface area contributed by atoms with Crippen LogP contribution in [0.5, 0.6) is 5.75 Å². The molecule has 0 spiro atoms. The van der Waals surface area contributed by atoms with Gasteiger partial charge < -0.3 is 15.0 Å². The van der Waals surface area contributed by atoms with E-state index in [9.17, 15) is 14.0 Å². The fourth-order valence-corrected chi connectivity index (χ4v) is 2.72. The van der Waals surface area contributed by atoms with Gasteiger partial charge in [0.2, 0.25) is 5.91 Å². The fraction of sp³-hybridized carbons (Fsp3) is 0.364. The topological polar surface area (TPSA) is 58.6 Å². The fourth-order valence-electron chi connectivity index (χ4n) is 2.59. The Balaban J connectivity index is 2.13. The Labute approximate surface area is 175 Å². The van der Waals surface area contributed by atoms with Crippen molar-refractivity contribution in [3.8, 4) is 5.75 Å². The minimum absolute atomic E-state index is 0.00181. The zero-order valence-corrected chi connectivity index (χ0v) is 17.6. The first-order valence-electron chi connectivity index (χ1n) is 9.52. The maximum absolute atomic E-state index is 13.2. The summed E-state index contributed by atoms with van der Waals surface area (Å²) in [7, 11) is 0. The SMILES string of the molecule is CC[C@H](C)NC(=O)[C@H](C)N(Cc1ccc(F)cc1)C(=O)COc1ccc(Cl)cc1. The molecule has 0 heterocycles. The lowest BCUT2D eigenvalue weighted by Crippen LogP contribution is -2.50. The largest absolute Gasteiger partial charge is 0.484 e. The van der Waals surface area contributed by atoms with Crippen LogP contribution in [-0.2, 0) is 16.1 Å². The molecule has 156 valence electrons. The van der Waals surface area contributed by atoms with Gasteiger partial charge in [-0.05, 0) is 62.2 Å². The van der Waals surface area contributed by atoms with Gasteiger partial charge in [-0.3, -0.25) is 9.59 Å². The molecule has 2 atom stereocenters. The van der Waals surface area contributed by atoms with Gasteiger partial charge in [0.1, 0.15) is 17.6 Å². The molecule has 2 amide bonds. The lowest BCUT2D eigenvalue weighted by molar-refractivity contribution is -0.142. The van der Waals surface area contributed by atoms with Crippen molar-refractivity contribution in [2.24, 2.45) is 0 Å². The van der Waals surface area contributed by atoms with Crippen LogP contribution in [0.1, 0.15) is 32.8 Å². The molecule has 2 rings (SSSR count).